The van der Waals surface area contributed by atoms with Crippen LogP contribution < -0.4 is 10.6 Å². The number of amides is 2. The highest BCUT2D eigenvalue weighted by Crippen LogP contribution is 2.31. The lowest BCUT2D eigenvalue weighted by Gasteiger charge is -2.26. The Morgan fingerprint density at radius 1 is 0.853 bits per heavy atom. The topological polar surface area (TPSA) is 58.2 Å². The molecule has 2 N–H and O–H groups in total. The minimum atomic E-state index is -0.375. The van der Waals surface area contributed by atoms with Crippen LogP contribution >= 0.6 is 11.8 Å². The summed E-state index contributed by atoms with van der Waals surface area (Å²) in [7, 11) is 0. The van der Waals surface area contributed by atoms with Crippen LogP contribution in [0.4, 0.5) is 4.79 Å². The molecule has 1 aliphatic rings. The fourth-order valence-corrected chi connectivity index (χ4v) is 5.50. The molecule has 0 radical (unpaired) electrons. The Balaban J connectivity index is 1.46. The second-order valence-electron chi connectivity index (χ2n) is 8.63. The Kier molecular flexibility index (Phi) is 6.48. The van der Waals surface area contributed by atoms with E-state index in [-0.39, 0.29) is 28.5 Å². The first-order valence-electron chi connectivity index (χ1n) is 11.5. The number of thioether (sulfide) groups is 1. The molecule has 0 saturated carbocycles. The predicted octanol–water partition coefficient (Wildman–Crippen LogP) is 6.17. The van der Waals surface area contributed by atoms with Crippen LogP contribution in [0.3, 0.4) is 0 Å². The van der Waals surface area contributed by atoms with E-state index in [1.54, 1.807) is 0 Å². The molecule has 0 aliphatic carbocycles. The van der Waals surface area contributed by atoms with E-state index in [0.717, 1.165) is 22.9 Å². The molecule has 0 aromatic heterocycles. The molecule has 34 heavy (non-hydrogen) atoms. The van der Waals surface area contributed by atoms with Gasteiger partial charge in [0, 0.05) is 6.04 Å². The summed E-state index contributed by atoms with van der Waals surface area (Å²) in [6, 6.07) is 33.7. The SMILES string of the molecule is CC(NC(c1ccccc1)c1cccc(CC2SC(=O)NC2=O)c1)c1cccc2ccccc12. The van der Waals surface area contributed by atoms with Gasteiger partial charge in [0.1, 0.15) is 0 Å². The van der Waals surface area contributed by atoms with Gasteiger partial charge < -0.3 is 0 Å². The largest absolute Gasteiger partial charge is 0.300 e. The first-order valence-corrected chi connectivity index (χ1v) is 12.4. The molecule has 4 nitrogen and oxygen atoms in total. The summed E-state index contributed by atoms with van der Waals surface area (Å²) in [5.41, 5.74) is 4.61. The van der Waals surface area contributed by atoms with Crippen molar-refractivity contribution in [1.82, 2.24) is 10.6 Å². The van der Waals surface area contributed by atoms with Crippen LogP contribution in [-0.4, -0.2) is 16.4 Å². The van der Waals surface area contributed by atoms with Crippen molar-refractivity contribution in [2.24, 2.45) is 0 Å². The number of nitrogens with one attached hydrogen (secondary N) is 2. The molecule has 3 atom stereocenters. The summed E-state index contributed by atoms with van der Waals surface area (Å²) in [6.07, 6.45) is 0.524. The molecule has 2 amide bonds. The van der Waals surface area contributed by atoms with Crippen LogP contribution in [0.25, 0.3) is 10.8 Å². The Hall–Kier alpha value is -3.41. The van der Waals surface area contributed by atoms with E-state index in [1.165, 1.54) is 21.9 Å². The second kappa shape index (κ2) is 9.84. The van der Waals surface area contributed by atoms with Crippen LogP contribution in [-0.2, 0) is 11.2 Å². The number of fused-ring (bicyclic) bond motifs is 1. The maximum Gasteiger partial charge on any atom is 0.286 e. The zero-order valence-corrected chi connectivity index (χ0v) is 19.7. The van der Waals surface area contributed by atoms with Crippen LogP contribution in [0, 0.1) is 0 Å². The highest BCUT2D eigenvalue weighted by molar-refractivity contribution is 8.15. The van der Waals surface area contributed by atoms with Crippen molar-refractivity contribution < 1.29 is 9.59 Å². The fraction of sp³-hybridized carbons (Fsp3) is 0.172. The molecular formula is C29H26N2O2S. The molecule has 3 unspecified atom stereocenters. The molecule has 1 fully saturated rings. The van der Waals surface area contributed by atoms with Gasteiger partial charge in [-0.05, 0) is 46.4 Å². The van der Waals surface area contributed by atoms with Crippen LogP contribution in [0.5, 0.6) is 0 Å². The molecule has 170 valence electrons. The Labute approximate surface area is 203 Å². The smallest absolute Gasteiger partial charge is 0.286 e. The van der Waals surface area contributed by atoms with E-state index < -0.39 is 0 Å². The van der Waals surface area contributed by atoms with E-state index >= 15 is 0 Å². The number of hydrogen-bond donors (Lipinski definition) is 2. The van der Waals surface area contributed by atoms with Gasteiger partial charge in [-0.3, -0.25) is 20.2 Å². The van der Waals surface area contributed by atoms with Crippen molar-refractivity contribution >= 4 is 33.7 Å². The second-order valence-corrected chi connectivity index (χ2v) is 9.81. The molecule has 4 aromatic carbocycles. The van der Waals surface area contributed by atoms with E-state index in [4.69, 9.17) is 0 Å². The van der Waals surface area contributed by atoms with Crippen LogP contribution in [0.2, 0.25) is 0 Å². The summed E-state index contributed by atoms with van der Waals surface area (Å²) >= 11 is 1.07. The van der Waals surface area contributed by atoms with Crippen LogP contribution in [0.15, 0.2) is 97.1 Å². The molecule has 4 aromatic rings. The third kappa shape index (κ3) is 4.76. The molecule has 1 heterocycles. The quantitative estimate of drug-likeness (QED) is 0.342. The van der Waals surface area contributed by atoms with Crippen molar-refractivity contribution in [2.45, 2.75) is 30.7 Å². The van der Waals surface area contributed by atoms with Gasteiger partial charge in [-0.1, -0.05) is 109 Å². The average Bonchev–Trinajstić information content (AvgIpc) is 3.18. The van der Waals surface area contributed by atoms with Gasteiger partial charge in [0.15, 0.2) is 0 Å². The number of hydrogen-bond acceptors (Lipinski definition) is 4. The van der Waals surface area contributed by atoms with Gasteiger partial charge >= 0.3 is 0 Å². The van der Waals surface area contributed by atoms with Crippen molar-refractivity contribution in [2.75, 3.05) is 0 Å². The fourth-order valence-electron chi connectivity index (χ4n) is 4.64. The van der Waals surface area contributed by atoms with E-state index in [2.05, 4.69) is 96.4 Å². The van der Waals surface area contributed by atoms with Crippen molar-refractivity contribution in [3.63, 3.8) is 0 Å². The maximum atomic E-state index is 12.1. The molecule has 0 bridgehead atoms. The van der Waals surface area contributed by atoms with E-state index in [0.29, 0.717) is 6.42 Å². The zero-order chi connectivity index (χ0) is 23.5. The lowest BCUT2D eigenvalue weighted by molar-refractivity contribution is -0.118. The van der Waals surface area contributed by atoms with Gasteiger partial charge in [-0.25, -0.2) is 0 Å². The Morgan fingerprint density at radius 3 is 2.35 bits per heavy atom. The maximum absolute atomic E-state index is 12.1. The number of rotatable bonds is 7. The van der Waals surface area contributed by atoms with Crippen molar-refractivity contribution in [1.29, 1.82) is 0 Å². The molecule has 5 heteroatoms. The molecule has 5 rings (SSSR count). The summed E-state index contributed by atoms with van der Waals surface area (Å²) in [6.45, 7) is 2.20. The first-order chi connectivity index (χ1) is 16.6. The van der Waals surface area contributed by atoms with Crippen molar-refractivity contribution in [3.05, 3.63) is 119 Å². The zero-order valence-electron chi connectivity index (χ0n) is 18.9. The number of carbonyl (C=O) groups is 2. The predicted molar refractivity (Wildman–Crippen MR) is 139 cm³/mol. The van der Waals surface area contributed by atoms with Gasteiger partial charge in [0.05, 0.1) is 11.3 Å². The Bertz CT molecular complexity index is 1330. The molecule has 1 aliphatic heterocycles. The van der Waals surface area contributed by atoms with Gasteiger partial charge in [0.25, 0.3) is 5.24 Å². The highest BCUT2D eigenvalue weighted by Gasteiger charge is 2.31. The summed E-state index contributed by atoms with van der Waals surface area (Å²) < 4.78 is 0. The molecule has 1 saturated heterocycles. The van der Waals surface area contributed by atoms with Crippen molar-refractivity contribution in [3.8, 4) is 0 Å². The third-order valence-electron chi connectivity index (χ3n) is 6.31. The summed E-state index contributed by atoms with van der Waals surface area (Å²) in [4.78, 5) is 23.7. The first kappa shape index (κ1) is 22.4. The summed E-state index contributed by atoms with van der Waals surface area (Å²) in [5.74, 6) is -0.206. The number of carbonyl (C=O) groups excluding carboxylic acids is 2. The monoisotopic (exact) mass is 466 g/mol. The minimum absolute atomic E-state index is 0.0261. The molecule has 0 spiro atoms. The number of benzene rings is 4. The Morgan fingerprint density at radius 2 is 1.56 bits per heavy atom. The number of imide groups is 1. The van der Waals surface area contributed by atoms with E-state index in [9.17, 15) is 9.59 Å². The lowest BCUT2D eigenvalue weighted by Crippen LogP contribution is -2.26. The summed E-state index contributed by atoms with van der Waals surface area (Å²) in [5, 5.41) is 8.08. The standard InChI is InChI=1S/C29H26N2O2S/c1-19(24-16-8-13-21-10-5-6-15-25(21)24)30-27(22-11-3-2-4-12-22)23-14-7-9-20(17-23)18-26-28(32)31-29(33)34-26/h2-17,19,26-27,30H,18H2,1H3,(H,31,32,33). The average molecular weight is 467 g/mol. The molecular weight excluding hydrogens is 440 g/mol. The van der Waals surface area contributed by atoms with Gasteiger partial charge in [-0.15, -0.1) is 0 Å². The van der Waals surface area contributed by atoms with E-state index in [1.807, 2.05) is 18.2 Å². The van der Waals surface area contributed by atoms with Gasteiger partial charge in [0.2, 0.25) is 5.91 Å². The normalized spacial score (nSPS) is 17.5. The van der Waals surface area contributed by atoms with Crippen LogP contribution in [0.1, 0.15) is 41.3 Å². The van der Waals surface area contributed by atoms with Gasteiger partial charge in [-0.2, -0.15) is 0 Å². The third-order valence-corrected chi connectivity index (χ3v) is 7.29. The minimum Gasteiger partial charge on any atom is -0.300 e. The highest BCUT2D eigenvalue weighted by atomic mass is 32.2. The lowest BCUT2D eigenvalue weighted by atomic mass is 9.93.